The standard InChI is InChI=1S/C16H19NO/c1-11-8-12(2)15(13(3)9-11)10-16(18)14-4-6-17-7-5-14/h4-9,16,18H,10H2,1-3H3. The Bertz CT molecular complexity index is 511. The Morgan fingerprint density at radius 2 is 1.61 bits per heavy atom. The zero-order valence-corrected chi connectivity index (χ0v) is 11.1. The Morgan fingerprint density at radius 1 is 1.06 bits per heavy atom. The number of rotatable bonds is 3. The Kier molecular flexibility index (Phi) is 3.78. The molecule has 2 aromatic rings. The van der Waals surface area contributed by atoms with Gasteiger partial charge >= 0.3 is 0 Å². The van der Waals surface area contributed by atoms with Crippen LogP contribution in [-0.4, -0.2) is 10.1 Å². The number of hydrogen-bond acceptors (Lipinski definition) is 2. The molecule has 2 nitrogen and oxygen atoms in total. The molecule has 2 rings (SSSR count). The minimum absolute atomic E-state index is 0.465. The fourth-order valence-electron chi connectivity index (χ4n) is 2.43. The highest BCUT2D eigenvalue weighted by Crippen LogP contribution is 2.23. The molecule has 0 amide bonds. The lowest BCUT2D eigenvalue weighted by atomic mass is 9.93. The van der Waals surface area contributed by atoms with E-state index in [4.69, 9.17) is 0 Å². The van der Waals surface area contributed by atoms with Gasteiger partial charge in [-0.1, -0.05) is 17.7 Å². The summed E-state index contributed by atoms with van der Waals surface area (Å²) in [7, 11) is 0. The summed E-state index contributed by atoms with van der Waals surface area (Å²) in [5, 5.41) is 10.3. The van der Waals surface area contributed by atoms with Gasteiger partial charge in [-0.15, -0.1) is 0 Å². The van der Waals surface area contributed by atoms with Crippen LogP contribution in [0.15, 0.2) is 36.7 Å². The first-order valence-electron chi connectivity index (χ1n) is 6.22. The lowest BCUT2D eigenvalue weighted by Gasteiger charge is -2.16. The highest BCUT2D eigenvalue weighted by molar-refractivity contribution is 5.38. The SMILES string of the molecule is Cc1cc(C)c(CC(O)c2ccncc2)c(C)c1. The molecule has 18 heavy (non-hydrogen) atoms. The minimum Gasteiger partial charge on any atom is -0.388 e. The van der Waals surface area contributed by atoms with Gasteiger partial charge in [0.25, 0.3) is 0 Å². The zero-order chi connectivity index (χ0) is 13.1. The highest BCUT2D eigenvalue weighted by atomic mass is 16.3. The van der Waals surface area contributed by atoms with E-state index in [2.05, 4.69) is 37.9 Å². The number of hydrogen-bond donors (Lipinski definition) is 1. The van der Waals surface area contributed by atoms with Crippen molar-refractivity contribution >= 4 is 0 Å². The molecule has 0 spiro atoms. The smallest absolute Gasteiger partial charge is 0.0831 e. The average molecular weight is 241 g/mol. The second-order valence-electron chi connectivity index (χ2n) is 4.88. The van der Waals surface area contributed by atoms with Gasteiger partial charge in [0.15, 0.2) is 0 Å². The van der Waals surface area contributed by atoms with Gasteiger partial charge in [-0.05, 0) is 55.2 Å². The maximum atomic E-state index is 10.3. The van der Waals surface area contributed by atoms with Crippen molar-refractivity contribution in [3.05, 3.63) is 64.5 Å². The summed E-state index contributed by atoms with van der Waals surface area (Å²) in [5.41, 5.74) is 5.93. The molecule has 0 aliphatic carbocycles. The molecule has 0 radical (unpaired) electrons. The van der Waals surface area contributed by atoms with Crippen molar-refractivity contribution in [2.75, 3.05) is 0 Å². The van der Waals surface area contributed by atoms with Crippen molar-refractivity contribution in [1.29, 1.82) is 0 Å². The first kappa shape index (κ1) is 12.8. The van der Waals surface area contributed by atoms with E-state index in [1.54, 1.807) is 12.4 Å². The molecule has 1 aromatic heterocycles. The van der Waals surface area contributed by atoms with E-state index >= 15 is 0 Å². The number of benzene rings is 1. The molecule has 0 saturated carbocycles. The molecule has 94 valence electrons. The largest absolute Gasteiger partial charge is 0.388 e. The van der Waals surface area contributed by atoms with E-state index in [1.807, 2.05) is 12.1 Å². The van der Waals surface area contributed by atoms with Crippen molar-refractivity contribution in [1.82, 2.24) is 4.98 Å². The molecule has 1 unspecified atom stereocenters. The summed E-state index contributed by atoms with van der Waals surface area (Å²) in [6.07, 6.45) is 3.62. The van der Waals surface area contributed by atoms with Crippen LogP contribution >= 0.6 is 0 Å². The molecular formula is C16H19NO. The van der Waals surface area contributed by atoms with Crippen molar-refractivity contribution in [3.63, 3.8) is 0 Å². The average Bonchev–Trinajstić information content (AvgIpc) is 2.34. The van der Waals surface area contributed by atoms with E-state index in [0.717, 1.165) is 5.56 Å². The summed E-state index contributed by atoms with van der Waals surface area (Å²) in [5.74, 6) is 0. The third-order valence-corrected chi connectivity index (χ3v) is 3.33. The number of aryl methyl sites for hydroxylation is 3. The first-order valence-corrected chi connectivity index (χ1v) is 6.22. The maximum Gasteiger partial charge on any atom is 0.0831 e. The van der Waals surface area contributed by atoms with E-state index < -0.39 is 6.10 Å². The number of aliphatic hydroxyl groups excluding tert-OH is 1. The van der Waals surface area contributed by atoms with Gasteiger partial charge in [0.05, 0.1) is 6.10 Å². The molecule has 2 heteroatoms. The summed E-state index contributed by atoms with van der Waals surface area (Å²) in [6, 6.07) is 8.07. The monoisotopic (exact) mass is 241 g/mol. The van der Waals surface area contributed by atoms with Crippen molar-refractivity contribution in [2.45, 2.75) is 33.3 Å². The second kappa shape index (κ2) is 5.32. The number of nitrogens with zero attached hydrogens (tertiary/aromatic N) is 1. The van der Waals surface area contributed by atoms with Crippen LogP contribution in [0.4, 0.5) is 0 Å². The van der Waals surface area contributed by atoms with Crippen LogP contribution in [0.3, 0.4) is 0 Å². The summed E-state index contributed by atoms with van der Waals surface area (Å²) < 4.78 is 0. The molecule has 0 aliphatic heterocycles. The predicted molar refractivity (Wildman–Crippen MR) is 73.6 cm³/mol. The van der Waals surface area contributed by atoms with E-state index in [1.165, 1.54) is 22.3 Å². The van der Waals surface area contributed by atoms with E-state index in [-0.39, 0.29) is 0 Å². The van der Waals surface area contributed by atoms with Gasteiger partial charge in [-0.2, -0.15) is 0 Å². The lowest BCUT2D eigenvalue weighted by molar-refractivity contribution is 0.178. The molecule has 1 aromatic carbocycles. The van der Waals surface area contributed by atoms with Gasteiger partial charge in [0.1, 0.15) is 0 Å². The molecule has 0 saturated heterocycles. The Labute approximate surface area is 108 Å². The molecule has 1 atom stereocenters. The van der Waals surface area contributed by atoms with Gasteiger partial charge in [0, 0.05) is 18.8 Å². The number of aliphatic hydroxyl groups is 1. The van der Waals surface area contributed by atoms with Crippen LogP contribution < -0.4 is 0 Å². The van der Waals surface area contributed by atoms with E-state index in [9.17, 15) is 5.11 Å². The predicted octanol–water partition coefficient (Wildman–Crippen LogP) is 3.28. The van der Waals surface area contributed by atoms with E-state index in [0.29, 0.717) is 6.42 Å². The fourth-order valence-corrected chi connectivity index (χ4v) is 2.43. The van der Waals surface area contributed by atoms with Gasteiger partial charge < -0.3 is 5.11 Å². The van der Waals surface area contributed by atoms with Crippen molar-refractivity contribution in [2.24, 2.45) is 0 Å². The first-order chi connectivity index (χ1) is 8.58. The van der Waals surface area contributed by atoms with Crippen LogP contribution in [0.25, 0.3) is 0 Å². The Balaban J connectivity index is 2.25. The van der Waals surface area contributed by atoms with Crippen LogP contribution in [0, 0.1) is 20.8 Å². The minimum atomic E-state index is -0.465. The molecule has 1 N–H and O–H groups in total. The van der Waals surface area contributed by atoms with Crippen molar-refractivity contribution in [3.8, 4) is 0 Å². The summed E-state index contributed by atoms with van der Waals surface area (Å²) >= 11 is 0. The van der Waals surface area contributed by atoms with Crippen LogP contribution in [-0.2, 0) is 6.42 Å². The molecule has 0 aliphatic rings. The lowest BCUT2D eigenvalue weighted by Crippen LogP contribution is -2.05. The fraction of sp³-hybridized carbons (Fsp3) is 0.312. The highest BCUT2D eigenvalue weighted by Gasteiger charge is 2.12. The molecular weight excluding hydrogens is 222 g/mol. The molecule has 1 heterocycles. The van der Waals surface area contributed by atoms with Crippen molar-refractivity contribution < 1.29 is 5.11 Å². The molecule has 0 bridgehead atoms. The number of pyridine rings is 1. The Hall–Kier alpha value is -1.67. The zero-order valence-electron chi connectivity index (χ0n) is 11.1. The van der Waals surface area contributed by atoms with Gasteiger partial charge in [-0.25, -0.2) is 0 Å². The summed E-state index contributed by atoms with van der Waals surface area (Å²) in [4.78, 5) is 3.97. The second-order valence-corrected chi connectivity index (χ2v) is 4.88. The van der Waals surface area contributed by atoms with Crippen LogP contribution in [0.5, 0.6) is 0 Å². The molecule has 0 fully saturated rings. The Morgan fingerprint density at radius 3 is 2.17 bits per heavy atom. The maximum absolute atomic E-state index is 10.3. The summed E-state index contributed by atoms with van der Waals surface area (Å²) in [6.45, 7) is 6.31. The van der Waals surface area contributed by atoms with Crippen LogP contribution in [0.2, 0.25) is 0 Å². The third kappa shape index (κ3) is 2.77. The quantitative estimate of drug-likeness (QED) is 0.894. The van der Waals surface area contributed by atoms with Gasteiger partial charge in [0.2, 0.25) is 0 Å². The topological polar surface area (TPSA) is 33.1 Å². The van der Waals surface area contributed by atoms with Crippen LogP contribution in [0.1, 0.15) is 33.9 Å². The number of aromatic nitrogens is 1. The third-order valence-electron chi connectivity index (χ3n) is 3.33. The normalized spacial score (nSPS) is 12.4. The van der Waals surface area contributed by atoms with Gasteiger partial charge in [-0.3, -0.25) is 4.98 Å².